The Morgan fingerprint density at radius 3 is 2.67 bits per heavy atom. The van der Waals surface area contributed by atoms with E-state index < -0.39 is 4.92 Å². The number of nitrogens with zero attached hydrogens (tertiary/aromatic N) is 6. The quantitative estimate of drug-likeness (QED) is 0.518. The Bertz CT molecular complexity index is 467. The summed E-state index contributed by atoms with van der Waals surface area (Å²) in [4.78, 5) is 18.6. The molecule has 8 heteroatoms. The largest absolute Gasteiger partial charge is 0.410 e. The Morgan fingerprint density at radius 1 is 1.33 bits per heavy atom. The van der Waals surface area contributed by atoms with Crippen LogP contribution in [0.4, 0.5) is 5.82 Å². The first-order valence-electron chi connectivity index (χ1n) is 4.04. The third-order valence-corrected chi connectivity index (χ3v) is 1.65. The third kappa shape index (κ3) is 2.10. The molecule has 15 heavy (non-hydrogen) atoms. The van der Waals surface area contributed by atoms with Gasteiger partial charge < -0.3 is 10.1 Å². The van der Waals surface area contributed by atoms with E-state index in [4.69, 9.17) is 0 Å². The van der Waals surface area contributed by atoms with E-state index in [0.29, 0.717) is 6.54 Å². The number of nitro groups is 1. The number of rotatable bonds is 3. The second-order valence-electron chi connectivity index (χ2n) is 2.74. The zero-order valence-electron chi connectivity index (χ0n) is 7.52. The molecule has 8 nitrogen and oxygen atoms in total. The summed E-state index contributed by atoms with van der Waals surface area (Å²) in [5.41, 5.74) is 0.781. The van der Waals surface area contributed by atoms with Crippen LogP contribution in [0, 0.1) is 10.1 Å². The highest BCUT2D eigenvalue weighted by atomic mass is 16.6. The lowest BCUT2D eigenvalue weighted by Crippen LogP contribution is -2.04. The molecule has 0 amide bonds. The molecule has 0 aromatic carbocycles. The van der Waals surface area contributed by atoms with Crippen LogP contribution in [0.2, 0.25) is 0 Å². The lowest BCUT2D eigenvalue weighted by molar-refractivity contribution is -0.389. The lowest BCUT2D eigenvalue weighted by Gasteiger charge is -1.93. The third-order valence-electron chi connectivity index (χ3n) is 1.65. The summed E-state index contributed by atoms with van der Waals surface area (Å²) in [7, 11) is 0. The second-order valence-corrected chi connectivity index (χ2v) is 2.74. The van der Waals surface area contributed by atoms with Gasteiger partial charge in [0.2, 0.25) is 0 Å². The van der Waals surface area contributed by atoms with Crippen molar-refractivity contribution >= 4 is 5.82 Å². The van der Waals surface area contributed by atoms with Crippen LogP contribution in [-0.2, 0) is 6.54 Å². The van der Waals surface area contributed by atoms with E-state index in [1.165, 1.54) is 11.1 Å². The summed E-state index contributed by atoms with van der Waals surface area (Å²) >= 11 is 0. The first-order chi connectivity index (χ1) is 7.25. The summed E-state index contributed by atoms with van der Waals surface area (Å²) in [6.45, 7) is 0.314. The number of aromatic nitrogens is 5. The van der Waals surface area contributed by atoms with E-state index in [1.54, 1.807) is 12.4 Å². The van der Waals surface area contributed by atoms with Gasteiger partial charge in [0.15, 0.2) is 6.20 Å². The van der Waals surface area contributed by atoms with E-state index in [-0.39, 0.29) is 5.82 Å². The van der Waals surface area contributed by atoms with Crippen molar-refractivity contribution < 1.29 is 4.92 Å². The van der Waals surface area contributed by atoms with Crippen LogP contribution in [-0.4, -0.2) is 29.9 Å². The maximum absolute atomic E-state index is 10.3. The zero-order chi connectivity index (χ0) is 10.7. The minimum Gasteiger partial charge on any atom is -0.358 e. The monoisotopic (exact) mass is 206 g/mol. The summed E-state index contributed by atoms with van der Waals surface area (Å²) < 4.78 is 0. The van der Waals surface area contributed by atoms with Crippen molar-refractivity contribution in [3.8, 4) is 0 Å². The average molecular weight is 206 g/mol. The maximum atomic E-state index is 10.3. The van der Waals surface area contributed by atoms with Crippen LogP contribution >= 0.6 is 0 Å². The van der Waals surface area contributed by atoms with Gasteiger partial charge in [-0.05, 0) is 4.92 Å². The molecule has 0 aliphatic heterocycles. The minimum absolute atomic E-state index is 0.271. The van der Waals surface area contributed by atoms with Gasteiger partial charge in [0.25, 0.3) is 0 Å². The van der Waals surface area contributed by atoms with Gasteiger partial charge in [0.1, 0.15) is 12.9 Å². The number of hydrogen-bond donors (Lipinski definition) is 0. The highest BCUT2D eigenvalue weighted by molar-refractivity contribution is 5.09. The van der Waals surface area contributed by atoms with Gasteiger partial charge in [0, 0.05) is 18.0 Å². The molecule has 0 fully saturated rings. The first kappa shape index (κ1) is 9.19. The van der Waals surface area contributed by atoms with Gasteiger partial charge in [-0.1, -0.05) is 4.80 Å². The molecule has 2 aromatic rings. The first-order valence-corrected chi connectivity index (χ1v) is 4.04. The molecule has 0 aliphatic carbocycles. The fraction of sp³-hybridized carbons (Fsp3) is 0.143. The van der Waals surface area contributed by atoms with Crippen molar-refractivity contribution in [2.45, 2.75) is 6.54 Å². The molecule has 0 bridgehead atoms. The second kappa shape index (κ2) is 3.78. The van der Waals surface area contributed by atoms with E-state index >= 15 is 0 Å². The molecule has 0 atom stereocenters. The Labute approximate surface area is 83.7 Å². The van der Waals surface area contributed by atoms with Crippen LogP contribution in [0.25, 0.3) is 0 Å². The van der Waals surface area contributed by atoms with E-state index in [0.717, 1.165) is 11.8 Å². The molecule has 0 spiro atoms. The normalized spacial score (nSPS) is 10.1. The van der Waals surface area contributed by atoms with Crippen molar-refractivity contribution in [1.29, 1.82) is 0 Å². The van der Waals surface area contributed by atoms with Crippen molar-refractivity contribution in [2.24, 2.45) is 0 Å². The molecule has 2 rings (SSSR count). The lowest BCUT2D eigenvalue weighted by atomic mass is 10.3. The Kier molecular flexibility index (Phi) is 2.31. The highest BCUT2D eigenvalue weighted by Gasteiger charge is 2.12. The summed E-state index contributed by atoms with van der Waals surface area (Å²) in [6.07, 6.45) is 5.71. The SMILES string of the molecule is O=[N+]([O-])c1cnn(Cc2cncnc2)n1. The number of hydrogen-bond acceptors (Lipinski definition) is 6. The van der Waals surface area contributed by atoms with Crippen molar-refractivity contribution in [3.05, 3.63) is 40.6 Å². The Balaban J connectivity index is 2.15. The van der Waals surface area contributed by atoms with Crippen molar-refractivity contribution in [2.75, 3.05) is 0 Å². The van der Waals surface area contributed by atoms with Gasteiger partial charge in [-0.15, -0.1) is 5.10 Å². The predicted octanol–water partition coefficient (Wildman–Crippen LogP) is 0.0246. The molecule has 0 aliphatic rings. The molecule has 0 saturated carbocycles. The van der Waals surface area contributed by atoms with Crippen LogP contribution in [0.5, 0.6) is 0 Å². The fourth-order valence-electron chi connectivity index (χ4n) is 1.02. The summed E-state index contributed by atoms with van der Waals surface area (Å²) in [6, 6.07) is 0. The van der Waals surface area contributed by atoms with Crippen LogP contribution in [0.1, 0.15) is 5.56 Å². The van der Waals surface area contributed by atoms with E-state index in [2.05, 4.69) is 20.2 Å². The zero-order valence-corrected chi connectivity index (χ0v) is 7.52. The van der Waals surface area contributed by atoms with E-state index in [9.17, 15) is 10.1 Å². The van der Waals surface area contributed by atoms with E-state index in [1.807, 2.05) is 0 Å². The maximum Gasteiger partial charge on any atom is 0.410 e. The predicted molar refractivity (Wildman–Crippen MR) is 47.8 cm³/mol. The van der Waals surface area contributed by atoms with Gasteiger partial charge in [-0.25, -0.2) is 9.97 Å². The van der Waals surface area contributed by atoms with Crippen LogP contribution in [0.15, 0.2) is 24.9 Å². The topological polar surface area (TPSA) is 99.6 Å². The molecular weight excluding hydrogens is 200 g/mol. The van der Waals surface area contributed by atoms with Crippen molar-refractivity contribution in [3.63, 3.8) is 0 Å². The molecular formula is C7H6N6O2. The van der Waals surface area contributed by atoms with Crippen LogP contribution < -0.4 is 0 Å². The molecule has 0 N–H and O–H groups in total. The van der Waals surface area contributed by atoms with Crippen molar-refractivity contribution in [1.82, 2.24) is 25.0 Å². The van der Waals surface area contributed by atoms with Gasteiger partial charge >= 0.3 is 5.82 Å². The smallest absolute Gasteiger partial charge is 0.358 e. The van der Waals surface area contributed by atoms with Gasteiger partial charge in [-0.3, -0.25) is 0 Å². The molecule has 2 aromatic heterocycles. The van der Waals surface area contributed by atoms with Gasteiger partial charge in [0.05, 0.1) is 5.10 Å². The summed E-state index contributed by atoms with van der Waals surface area (Å²) in [5.74, 6) is -0.271. The molecule has 0 radical (unpaired) electrons. The molecule has 76 valence electrons. The molecule has 0 saturated heterocycles. The summed E-state index contributed by atoms with van der Waals surface area (Å²) in [5, 5.41) is 17.7. The Hall–Kier alpha value is -2.38. The Morgan fingerprint density at radius 2 is 2.07 bits per heavy atom. The van der Waals surface area contributed by atoms with Gasteiger partial charge in [-0.2, -0.15) is 0 Å². The fourth-order valence-corrected chi connectivity index (χ4v) is 1.02. The molecule has 2 heterocycles. The standard InChI is InChI=1S/C7H6N6O2/c14-13(15)7-3-10-12(11-7)4-6-1-8-5-9-2-6/h1-3,5H,4H2. The average Bonchev–Trinajstić information content (AvgIpc) is 2.68. The molecule has 0 unspecified atom stereocenters. The minimum atomic E-state index is -0.592. The highest BCUT2D eigenvalue weighted by Crippen LogP contribution is 2.03. The van der Waals surface area contributed by atoms with Crippen LogP contribution in [0.3, 0.4) is 0 Å².